The Morgan fingerprint density at radius 3 is 2.06 bits per heavy atom. The Kier molecular flexibility index (Phi) is 9.80. The molecular formula is C45H49IrN4. The van der Waals surface area contributed by atoms with Crippen LogP contribution < -0.4 is 14.7 Å². The molecule has 2 aliphatic heterocycles. The van der Waals surface area contributed by atoms with E-state index in [-0.39, 0.29) is 30.9 Å². The van der Waals surface area contributed by atoms with E-state index in [0.717, 1.165) is 11.3 Å². The summed E-state index contributed by atoms with van der Waals surface area (Å²) in [6, 6.07) is 36.8. The van der Waals surface area contributed by atoms with Gasteiger partial charge in [-0.1, -0.05) is 97.2 Å². The minimum absolute atomic E-state index is 0. The van der Waals surface area contributed by atoms with Crippen LogP contribution in [0.2, 0.25) is 0 Å². The smallest absolute Gasteiger partial charge is 0.490 e. The predicted molar refractivity (Wildman–Crippen MR) is 207 cm³/mol. The van der Waals surface area contributed by atoms with E-state index in [9.17, 15) is 0 Å². The molecule has 3 heterocycles. The standard InChI is InChI=1S/C34H41N3.C11H8N.Ir/c1-21(2)23-17-24(22(3)4)19-25(18-23)36-20-37-29-14-13-26-30(34(7,8)16-15-33(26,5)6)32(29)35(9)27-11-10-12-28(36)31(27)37;1-2-6-10(7-3-1)11-8-4-5-9-12-11;/h10-13,17-22H,15-16H2,1-9H3;1-6,8-9H;/q-2;-1;+3. The van der Waals surface area contributed by atoms with Crippen molar-refractivity contribution < 1.29 is 20.1 Å². The van der Waals surface area contributed by atoms with E-state index in [2.05, 4.69) is 143 Å². The minimum atomic E-state index is 0. The molecule has 0 unspecified atom stereocenters. The molecule has 8 rings (SSSR count). The van der Waals surface area contributed by atoms with Crippen LogP contribution in [0.4, 0.5) is 34.1 Å². The first-order valence-corrected chi connectivity index (χ1v) is 17.8. The van der Waals surface area contributed by atoms with Crippen molar-refractivity contribution in [2.24, 2.45) is 0 Å². The van der Waals surface area contributed by atoms with Crippen molar-refractivity contribution in [3.05, 3.63) is 132 Å². The minimum Gasteiger partial charge on any atom is -0.490 e. The van der Waals surface area contributed by atoms with Crippen LogP contribution in [-0.2, 0) is 30.9 Å². The van der Waals surface area contributed by atoms with Gasteiger partial charge in [-0.05, 0) is 83.6 Å². The van der Waals surface area contributed by atoms with Crippen molar-refractivity contribution >= 4 is 34.1 Å². The van der Waals surface area contributed by atoms with Gasteiger partial charge in [0, 0.05) is 17.6 Å². The first-order valence-electron chi connectivity index (χ1n) is 17.8. The van der Waals surface area contributed by atoms with Gasteiger partial charge in [-0.25, -0.2) is 0 Å². The molecule has 4 aromatic carbocycles. The average Bonchev–Trinajstić information content (AvgIpc) is 3.50. The molecule has 0 spiro atoms. The van der Waals surface area contributed by atoms with Crippen molar-refractivity contribution in [3.63, 3.8) is 0 Å². The van der Waals surface area contributed by atoms with E-state index in [1.165, 1.54) is 69.2 Å². The van der Waals surface area contributed by atoms with Gasteiger partial charge in [0.25, 0.3) is 0 Å². The normalized spacial score (nSPS) is 16.3. The largest absolute Gasteiger partial charge is 3.00 e. The SMILES string of the molecule is CC(C)c1cc(C(C)C)cc(N2[CH-]N3c4[c-]cc5c(c4N(C)c4cccc2c43)C(C)(C)CCC5(C)C)c1.[Ir+3].[c-]1ccccc1-c1ccccn1. The fraction of sp³-hybridized carbons (Fsp3) is 0.333. The van der Waals surface area contributed by atoms with Gasteiger partial charge in [-0.2, -0.15) is 12.1 Å². The summed E-state index contributed by atoms with van der Waals surface area (Å²) in [5, 5.41) is 0. The summed E-state index contributed by atoms with van der Waals surface area (Å²) in [5.74, 6) is 0.963. The summed E-state index contributed by atoms with van der Waals surface area (Å²) in [6.07, 6.45) is 4.19. The number of anilines is 6. The van der Waals surface area contributed by atoms with E-state index in [1.807, 2.05) is 42.5 Å². The van der Waals surface area contributed by atoms with E-state index in [0.29, 0.717) is 11.8 Å². The van der Waals surface area contributed by atoms with Crippen LogP contribution >= 0.6 is 0 Å². The van der Waals surface area contributed by atoms with Gasteiger partial charge in [0.15, 0.2) is 0 Å². The zero-order chi connectivity index (χ0) is 34.7. The number of rotatable bonds is 4. The van der Waals surface area contributed by atoms with Crippen LogP contribution in [0.3, 0.4) is 0 Å². The molecule has 0 N–H and O–H groups in total. The third-order valence-corrected chi connectivity index (χ3v) is 10.8. The molecule has 0 saturated carbocycles. The van der Waals surface area contributed by atoms with Gasteiger partial charge in [-0.15, -0.1) is 53.7 Å². The Morgan fingerprint density at radius 2 is 1.42 bits per heavy atom. The average molecular weight is 838 g/mol. The Balaban J connectivity index is 0.000000281. The summed E-state index contributed by atoms with van der Waals surface area (Å²) >= 11 is 0. The van der Waals surface area contributed by atoms with Gasteiger partial charge in [-0.3, -0.25) is 0 Å². The van der Waals surface area contributed by atoms with Crippen LogP contribution in [-0.4, -0.2) is 12.0 Å². The van der Waals surface area contributed by atoms with Crippen molar-refractivity contribution in [1.29, 1.82) is 0 Å². The number of hydrogen-bond donors (Lipinski definition) is 0. The Morgan fingerprint density at radius 1 is 0.740 bits per heavy atom. The summed E-state index contributed by atoms with van der Waals surface area (Å²) in [7, 11) is 2.25. The van der Waals surface area contributed by atoms with Gasteiger partial charge in [0.2, 0.25) is 0 Å². The van der Waals surface area contributed by atoms with Crippen molar-refractivity contribution in [3.8, 4) is 11.3 Å². The number of fused-ring (bicyclic) bond motifs is 4. The molecule has 1 aliphatic carbocycles. The molecule has 0 bridgehead atoms. The van der Waals surface area contributed by atoms with Crippen LogP contribution in [0.5, 0.6) is 0 Å². The second kappa shape index (κ2) is 13.7. The van der Waals surface area contributed by atoms with E-state index >= 15 is 0 Å². The molecule has 0 fully saturated rings. The van der Waals surface area contributed by atoms with Crippen molar-refractivity contribution in [2.75, 3.05) is 21.7 Å². The van der Waals surface area contributed by atoms with E-state index in [1.54, 1.807) is 6.20 Å². The van der Waals surface area contributed by atoms with Crippen molar-refractivity contribution in [1.82, 2.24) is 4.98 Å². The molecule has 50 heavy (non-hydrogen) atoms. The van der Waals surface area contributed by atoms with Crippen LogP contribution in [0, 0.1) is 18.8 Å². The molecule has 3 aliphatic rings. The van der Waals surface area contributed by atoms with Gasteiger partial charge < -0.3 is 19.7 Å². The van der Waals surface area contributed by atoms with E-state index < -0.39 is 0 Å². The first kappa shape index (κ1) is 35.9. The second-order valence-corrected chi connectivity index (χ2v) is 15.8. The molecule has 5 heteroatoms. The third kappa shape index (κ3) is 6.29. The monoisotopic (exact) mass is 838 g/mol. The molecule has 1 aromatic heterocycles. The fourth-order valence-corrected chi connectivity index (χ4v) is 7.64. The Labute approximate surface area is 313 Å². The molecule has 5 aromatic rings. The van der Waals surface area contributed by atoms with Crippen molar-refractivity contribution in [2.45, 2.75) is 90.9 Å². The predicted octanol–water partition coefficient (Wildman–Crippen LogP) is 12.1. The number of benzene rings is 4. The number of nitrogens with zero attached hydrogens (tertiary/aromatic N) is 4. The molecule has 0 amide bonds. The summed E-state index contributed by atoms with van der Waals surface area (Å²) in [5.41, 5.74) is 15.5. The van der Waals surface area contributed by atoms with E-state index in [4.69, 9.17) is 0 Å². The molecule has 0 saturated heterocycles. The maximum Gasteiger partial charge on any atom is 3.00 e. The van der Waals surface area contributed by atoms with Crippen LogP contribution in [0.25, 0.3) is 11.3 Å². The number of hydrogen-bond acceptors (Lipinski definition) is 4. The molecule has 0 radical (unpaired) electrons. The third-order valence-electron chi connectivity index (χ3n) is 10.8. The zero-order valence-electron chi connectivity index (χ0n) is 30.9. The molecular weight excluding hydrogens is 789 g/mol. The molecule has 4 nitrogen and oxygen atoms in total. The molecule has 258 valence electrons. The maximum absolute atomic E-state index is 4.22. The number of para-hydroxylation sites is 1. The summed E-state index contributed by atoms with van der Waals surface area (Å²) in [4.78, 5) is 11.4. The van der Waals surface area contributed by atoms with Gasteiger partial charge in [0.05, 0.1) is 11.4 Å². The fourth-order valence-electron chi connectivity index (χ4n) is 7.64. The summed E-state index contributed by atoms with van der Waals surface area (Å²) < 4.78 is 0. The number of pyridine rings is 1. The van der Waals surface area contributed by atoms with Crippen LogP contribution in [0.15, 0.2) is 91.1 Å². The summed E-state index contributed by atoms with van der Waals surface area (Å²) in [6.45, 7) is 21.1. The Bertz CT molecular complexity index is 1920. The Hall–Kier alpha value is -3.92. The number of aromatic nitrogens is 1. The second-order valence-electron chi connectivity index (χ2n) is 15.8. The van der Waals surface area contributed by atoms with Gasteiger partial charge >= 0.3 is 20.1 Å². The topological polar surface area (TPSA) is 22.6 Å². The quantitative estimate of drug-likeness (QED) is 0.168. The maximum atomic E-state index is 4.22. The van der Waals surface area contributed by atoms with Crippen LogP contribution in [0.1, 0.15) is 102 Å². The van der Waals surface area contributed by atoms with Gasteiger partial charge in [0.1, 0.15) is 0 Å². The molecule has 0 atom stereocenters. The first-order chi connectivity index (χ1) is 23.4. The zero-order valence-corrected chi connectivity index (χ0v) is 33.3.